The fraction of sp³-hybridized carbons (Fsp3) is 0. The lowest BCUT2D eigenvalue weighted by Gasteiger charge is -2.10. The molecule has 0 aliphatic carbocycles. The van der Waals surface area contributed by atoms with E-state index < -0.39 is 19.8 Å². The van der Waals surface area contributed by atoms with Crippen LogP contribution >= 0.6 is 7.82 Å². The second kappa shape index (κ2) is 6.25. The standard InChI is InChI=1S/C12H9N2O6P/c15-11(9-5-1-3-7-13-9)19-21(17,18)20-12(16)10-6-2-4-8-14-10/h1-8H,(H,17,18). The van der Waals surface area contributed by atoms with Gasteiger partial charge in [0, 0.05) is 12.4 Å². The maximum absolute atomic E-state index is 11.6. The van der Waals surface area contributed by atoms with Crippen LogP contribution in [0, 0.1) is 0 Å². The third-order valence-corrected chi connectivity index (χ3v) is 2.94. The van der Waals surface area contributed by atoms with E-state index >= 15 is 0 Å². The third kappa shape index (κ3) is 4.20. The van der Waals surface area contributed by atoms with Crippen molar-refractivity contribution in [2.75, 3.05) is 0 Å². The number of phosphoric acid groups is 1. The fourth-order valence-electron chi connectivity index (χ4n) is 1.29. The van der Waals surface area contributed by atoms with Gasteiger partial charge >= 0.3 is 19.8 Å². The first-order valence-corrected chi connectivity index (χ1v) is 7.10. The van der Waals surface area contributed by atoms with Gasteiger partial charge < -0.3 is 9.05 Å². The van der Waals surface area contributed by atoms with Crippen molar-refractivity contribution in [1.29, 1.82) is 0 Å². The van der Waals surface area contributed by atoms with E-state index in [1.54, 1.807) is 12.1 Å². The number of hydrogen-bond acceptors (Lipinski definition) is 7. The van der Waals surface area contributed by atoms with Crippen molar-refractivity contribution in [3.05, 3.63) is 60.2 Å². The van der Waals surface area contributed by atoms with E-state index in [1.807, 2.05) is 0 Å². The summed E-state index contributed by atoms with van der Waals surface area (Å²) in [7, 11) is -4.91. The summed E-state index contributed by atoms with van der Waals surface area (Å²) in [6.45, 7) is 0. The van der Waals surface area contributed by atoms with E-state index in [-0.39, 0.29) is 11.4 Å². The van der Waals surface area contributed by atoms with Gasteiger partial charge in [-0.2, -0.15) is 0 Å². The summed E-state index contributed by atoms with van der Waals surface area (Å²) in [4.78, 5) is 39.8. The van der Waals surface area contributed by atoms with Gasteiger partial charge in [0.05, 0.1) is 0 Å². The molecule has 2 rings (SSSR count). The molecule has 9 heteroatoms. The van der Waals surface area contributed by atoms with Gasteiger partial charge in [0.25, 0.3) is 0 Å². The summed E-state index contributed by atoms with van der Waals surface area (Å²) >= 11 is 0. The minimum Gasteiger partial charge on any atom is -0.356 e. The molecule has 0 atom stereocenters. The van der Waals surface area contributed by atoms with Crippen molar-refractivity contribution in [1.82, 2.24) is 9.97 Å². The van der Waals surface area contributed by atoms with Crippen molar-refractivity contribution in [2.24, 2.45) is 0 Å². The van der Waals surface area contributed by atoms with E-state index in [0.717, 1.165) is 0 Å². The van der Waals surface area contributed by atoms with Crippen LogP contribution in [-0.2, 0) is 13.6 Å². The van der Waals surface area contributed by atoms with Crippen molar-refractivity contribution in [2.45, 2.75) is 0 Å². The van der Waals surface area contributed by atoms with Crippen molar-refractivity contribution < 1.29 is 28.1 Å². The van der Waals surface area contributed by atoms with E-state index in [1.165, 1.54) is 36.7 Å². The van der Waals surface area contributed by atoms with Crippen LogP contribution in [-0.4, -0.2) is 26.8 Å². The van der Waals surface area contributed by atoms with Gasteiger partial charge in [-0.3, -0.25) is 4.89 Å². The predicted molar refractivity (Wildman–Crippen MR) is 69.1 cm³/mol. The normalized spacial score (nSPS) is 10.7. The van der Waals surface area contributed by atoms with Gasteiger partial charge in [0.1, 0.15) is 11.4 Å². The van der Waals surface area contributed by atoms with Gasteiger partial charge in [-0.05, 0) is 24.3 Å². The van der Waals surface area contributed by atoms with Crippen LogP contribution in [0.1, 0.15) is 21.0 Å². The molecule has 21 heavy (non-hydrogen) atoms. The highest BCUT2D eigenvalue weighted by Crippen LogP contribution is 2.44. The van der Waals surface area contributed by atoms with Gasteiger partial charge in [-0.1, -0.05) is 12.1 Å². The van der Waals surface area contributed by atoms with Crippen LogP contribution < -0.4 is 0 Å². The van der Waals surface area contributed by atoms with Crippen LogP contribution in [0.3, 0.4) is 0 Å². The van der Waals surface area contributed by atoms with E-state index in [0.29, 0.717) is 0 Å². The van der Waals surface area contributed by atoms with Crippen molar-refractivity contribution in [3.8, 4) is 0 Å². The van der Waals surface area contributed by atoms with Crippen molar-refractivity contribution >= 4 is 19.8 Å². The number of pyridine rings is 2. The van der Waals surface area contributed by atoms with E-state index in [9.17, 15) is 19.0 Å². The molecule has 0 bridgehead atoms. The van der Waals surface area contributed by atoms with E-state index in [4.69, 9.17) is 0 Å². The molecule has 2 aromatic heterocycles. The number of carbonyl (C=O) groups excluding carboxylic acids is 2. The molecule has 0 saturated carbocycles. The van der Waals surface area contributed by atoms with Gasteiger partial charge in [0.15, 0.2) is 0 Å². The molecular formula is C12H9N2O6P. The number of rotatable bonds is 4. The molecule has 0 unspecified atom stereocenters. The van der Waals surface area contributed by atoms with Crippen LogP contribution in [0.25, 0.3) is 0 Å². The summed E-state index contributed by atoms with van der Waals surface area (Å²) in [5.41, 5.74) is -0.388. The van der Waals surface area contributed by atoms with Crippen molar-refractivity contribution in [3.63, 3.8) is 0 Å². The molecular weight excluding hydrogens is 299 g/mol. The van der Waals surface area contributed by atoms with Gasteiger partial charge in [0.2, 0.25) is 0 Å². The summed E-state index contributed by atoms with van der Waals surface area (Å²) in [6, 6.07) is 8.65. The first-order chi connectivity index (χ1) is 9.98. The number of nitrogens with zero attached hydrogens (tertiary/aromatic N) is 2. The maximum atomic E-state index is 11.6. The Bertz CT molecular complexity index is 634. The highest BCUT2D eigenvalue weighted by Gasteiger charge is 2.32. The minimum atomic E-state index is -4.91. The maximum Gasteiger partial charge on any atom is 0.589 e. The Morgan fingerprint density at radius 2 is 1.33 bits per heavy atom. The molecule has 108 valence electrons. The molecule has 0 radical (unpaired) electrons. The summed E-state index contributed by atoms with van der Waals surface area (Å²) in [5, 5.41) is 0. The molecule has 0 fully saturated rings. The quantitative estimate of drug-likeness (QED) is 0.846. The monoisotopic (exact) mass is 308 g/mol. The molecule has 0 saturated heterocycles. The zero-order valence-corrected chi connectivity index (χ0v) is 11.3. The zero-order chi connectivity index (χ0) is 15.3. The largest absolute Gasteiger partial charge is 0.589 e. The van der Waals surface area contributed by atoms with Crippen LogP contribution in [0.2, 0.25) is 0 Å². The molecule has 0 spiro atoms. The molecule has 0 aromatic carbocycles. The van der Waals surface area contributed by atoms with Gasteiger partial charge in [-0.25, -0.2) is 24.1 Å². The predicted octanol–water partition coefficient (Wildman–Crippen LogP) is 1.59. The first kappa shape index (κ1) is 14.8. The highest BCUT2D eigenvalue weighted by atomic mass is 31.2. The number of phosphoric ester groups is 1. The first-order valence-electron chi connectivity index (χ1n) is 5.61. The van der Waals surface area contributed by atoms with Crippen LogP contribution in [0.15, 0.2) is 48.8 Å². The summed E-state index contributed by atoms with van der Waals surface area (Å²) < 4.78 is 20.1. The fourth-order valence-corrected chi connectivity index (χ4v) is 1.93. The lowest BCUT2D eigenvalue weighted by atomic mass is 10.4. The molecule has 0 aliphatic rings. The van der Waals surface area contributed by atoms with Crippen LogP contribution in [0.4, 0.5) is 0 Å². The van der Waals surface area contributed by atoms with Crippen LogP contribution in [0.5, 0.6) is 0 Å². The Labute approximate surface area is 119 Å². The molecule has 1 N–H and O–H groups in total. The molecule has 0 amide bonds. The Morgan fingerprint density at radius 1 is 0.905 bits per heavy atom. The average Bonchev–Trinajstić information content (AvgIpc) is 2.48. The molecule has 2 aromatic rings. The molecule has 8 nitrogen and oxygen atoms in total. The Morgan fingerprint density at radius 3 is 1.67 bits per heavy atom. The number of aromatic nitrogens is 2. The Hall–Kier alpha value is -2.57. The SMILES string of the molecule is O=C(OP(=O)(O)OC(=O)c1ccccn1)c1ccccn1. The van der Waals surface area contributed by atoms with Gasteiger partial charge in [-0.15, -0.1) is 0 Å². The lowest BCUT2D eigenvalue weighted by Crippen LogP contribution is -2.11. The number of hydrogen-bond donors (Lipinski definition) is 1. The molecule has 2 heterocycles. The number of carbonyl (C=O) groups is 2. The molecule has 0 aliphatic heterocycles. The zero-order valence-electron chi connectivity index (χ0n) is 10.4. The minimum absolute atomic E-state index is 0.194. The Kier molecular flexibility index (Phi) is 4.42. The topological polar surface area (TPSA) is 116 Å². The van der Waals surface area contributed by atoms with E-state index in [2.05, 4.69) is 19.0 Å². The highest BCUT2D eigenvalue weighted by molar-refractivity contribution is 7.48. The second-order valence-corrected chi connectivity index (χ2v) is 4.96. The lowest BCUT2D eigenvalue weighted by molar-refractivity contribution is 0.0559. The Balaban J connectivity index is 2.04. The summed E-state index contributed by atoms with van der Waals surface area (Å²) in [5.74, 6) is -2.37. The summed E-state index contributed by atoms with van der Waals surface area (Å²) in [6.07, 6.45) is 2.61. The smallest absolute Gasteiger partial charge is 0.356 e. The average molecular weight is 308 g/mol. The third-order valence-electron chi connectivity index (χ3n) is 2.14. The second-order valence-electron chi connectivity index (χ2n) is 3.66.